The topological polar surface area (TPSA) is 84.8 Å². The predicted molar refractivity (Wildman–Crippen MR) is 68.2 cm³/mol. The van der Waals surface area contributed by atoms with Crippen molar-refractivity contribution in [1.29, 1.82) is 0 Å². The largest absolute Gasteiger partial charge is 0.517 e. The van der Waals surface area contributed by atoms with Crippen molar-refractivity contribution in [1.82, 2.24) is 13.9 Å². The van der Waals surface area contributed by atoms with Gasteiger partial charge in [-0.2, -0.15) is 21.6 Å². The quantitative estimate of drug-likeness (QED) is 0.738. The van der Waals surface area contributed by atoms with E-state index in [1.165, 1.54) is 18.3 Å². The van der Waals surface area contributed by atoms with Crippen LogP contribution in [0, 0.1) is 0 Å². The molecule has 0 bridgehead atoms. The molecule has 0 atom stereocenters. The van der Waals surface area contributed by atoms with Gasteiger partial charge in [-0.15, -0.1) is 0 Å². The first kappa shape index (κ1) is 13.6. The van der Waals surface area contributed by atoms with E-state index in [0.29, 0.717) is 0 Å². The molecule has 3 aromatic heterocycles. The zero-order valence-electron chi connectivity index (χ0n) is 10.0. The Balaban J connectivity index is 2.61. The number of hydrogen-bond acceptors (Lipinski definition) is 4. The van der Waals surface area contributed by atoms with Gasteiger partial charge in [0.05, 0.1) is 5.52 Å². The Kier molecular flexibility index (Phi) is 2.64. The molecule has 0 saturated carbocycles. The molecule has 0 radical (unpaired) electrons. The van der Waals surface area contributed by atoms with Crippen molar-refractivity contribution < 1.29 is 21.6 Å². The van der Waals surface area contributed by atoms with Gasteiger partial charge in [0.25, 0.3) is 0 Å². The zero-order chi connectivity index (χ0) is 15.4. The lowest BCUT2D eigenvalue weighted by Gasteiger charge is -2.10. The molecule has 0 fully saturated rings. The Morgan fingerprint density at radius 2 is 1.95 bits per heavy atom. The highest BCUT2D eigenvalue weighted by Crippen LogP contribution is 2.33. The molecule has 0 unspecified atom stereocenters. The summed E-state index contributed by atoms with van der Waals surface area (Å²) < 4.78 is 62.0. The van der Waals surface area contributed by atoms with Crippen molar-refractivity contribution in [3.8, 4) is 0 Å². The van der Waals surface area contributed by atoms with Crippen LogP contribution in [0.2, 0.25) is 0 Å². The van der Waals surface area contributed by atoms with E-state index in [4.69, 9.17) is 0 Å². The molecule has 6 nitrogen and oxygen atoms in total. The maximum atomic E-state index is 12.8. The monoisotopic (exact) mass is 317 g/mol. The summed E-state index contributed by atoms with van der Waals surface area (Å²) in [6, 6.07) is 3.86. The molecular formula is C11H6F3N3O3S. The van der Waals surface area contributed by atoms with Crippen molar-refractivity contribution in [2.45, 2.75) is 5.51 Å². The van der Waals surface area contributed by atoms with Crippen molar-refractivity contribution in [2.24, 2.45) is 0 Å². The lowest BCUT2D eigenvalue weighted by atomic mass is 10.2. The van der Waals surface area contributed by atoms with Gasteiger partial charge in [0.2, 0.25) is 5.56 Å². The molecule has 21 heavy (non-hydrogen) atoms. The van der Waals surface area contributed by atoms with Gasteiger partial charge in [-0.3, -0.25) is 4.79 Å². The number of fused-ring (bicyclic) bond motifs is 3. The first-order valence-electron chi connectivity index (χ1n) is 5.53. The third kappa shape index (κ3) is 1.82. The average molecular weight is 317 g/mol. The van der Waals surface area contributed by atoms with Crippen LogP contribution in [0.5, 0.6) is 0 Å². The molecule has 0 saturated heterocycles. The predicted octanol–water partition coefficient (Wildman–Crippen LogP) is 1.58. The molecule has 10 heteroatoms. The van der Waals surface area contributed by atoms with E-state index in [1.54, 1.807) is 0 Å². The number of nitrogens with zero attached hydrogens (tertiary/aromatic N) is 2. The maximum absolute atomic E-state index is 12.8. The van der Waals surface area contributed by atoms with E-state index < -0.39 is 21.1 Å². The summed E-state index contributed by atoms with van der Waals surface area (Å²) in [7, 11) is -5.67. The second-order valence-electron chi connectivity index (χ2n) is 4.19. The fourth-order valence-corrected chi connectivity index (χ4v) is 3.07. The van der Waals surface area contributed by atoms with Gasteiger partial charge in [0.1, 0.15) is 0 Å². The lowest BCUT2D eigenvalue weighted by molar-refractivity contribution is -0.0444. The number of alkyl halides is 3. The number of halogens is 3. The van der Waals surface area contributed by atoms with E-state index in [0.717, 1.165) is 12.3 Å². The molecule has 0 aliphatic carbocycles. The number of rotatable bonds is 1. The van der Waals surface area contributed by atoms with E-state index >= 15 is 0 Å². The molecule has 0 aliphatic heterocycles. The Morgan fingerprint density at radius 1 is 1.24 bits per heavy atom. The molecule has 110 valence electrons. The van der Waals surface area contributed by atoms with Crippen molar-refractivity contribution in [2.75, 3.05) is 0 Å². The van der Waals surface area contributed by atoms with Crippen LogP contribution in [0.4, 0.5) is 13.2 Å². The van der Waals surface area contributed by atoms with Crippen LogP contribution >= 0.6 is 0 Å². The molecule has 0 amide bonds. The summed E-state index contributed by atoms with van der Waals surface area (Å²) in [5.41, 5.74) is -6.72. The number of pyridine rings is 2. The van der Waals surface area contributed by atoms with Crippen LogP contribution in [0.25, 0.3) is 21.9 Å². The summed E-state index contributed by atoms with van der Waals surface area (Å²) in [5.74, 6) is 0. The standard InChI is InChI=1S/C11H6F3N3O3S/c12-11(13,14)21(19,20)17-8-5-16-9(18)4-7(8)6-2-1-3-15-10(6)17/h1-5H,(H,16,18). The minimum Gasteiger partial charge on any atom is -0.327 e. The van der Waals surface area contributed by atoms with Gasteiger partial charge in [-0.1, -0.05) is 0 Å². The van der Waals surface area contributed by atoms with Crippen LogP contribution in [0.3, 0.4) is 0 Å². The van der Waals surface area contributed by atoms with Crippen LogP contribution < -0.4 is 5.56 Å². The summed E-state index contributed by atoms with van der Waals surface area (Å²) >= 11 is 0. The van der Waals surface area contributed by atoms with Gasteiger partial charge in [0, 0.05) is 29.2 Å². The summed E-state index contributed by atoms with van der Waals surface area (Å²) in [4.78, 5) is 17.2. The molecule has 0 aliphatic rings. The molecule has 0 aromatic carbocycles. The van der Waals surface area contributed by atoms with E-state index in [2.05, 4.69) is 9.97 Å². The van der Waals surface area contributed by atoms with Gasteiger partial charge in [-0.25, -0.2) is 8.96 Å². The van der Waals surface area contributed by atoms with E-state index in [-0.39, 0.29) is 25.9 Å². The summed E-state index contributed by atoms with van der Waals surface area (Å²) in [6.45, 7) is 0. The minimum absolute atomic E-state index is 0.0784. The average Bonchev–Trinajstić information content (AvgIpc) is 2.72. The normalized spacial score (nSPS) is 13.1. The molecule has 3 aromatic rings. The summed E-state index contributed by atoms with van der Waals surface area (Å²) in [5, 5.41) is 0.223. The highest BCUT2D eigenvalue weighted by Gasteiger charge is 2.48. The van der Waals surface area contributed by atoms with Crippen molar-refractivity contribution in [3.05, 3.63) is 40.9 Å². The van der Waals surface area contributed by atoms with Gasteiger partial charge >= 0.3 is 15.5 Å². The second kappa shape index (κ2) is 4.07. The second-order valence-corrected chi connectivity index (χ2v) is 5.96. The first-order valence-corrected chi connectivity index (χ1v) is 6.97. The lowest BCUT2D eigenvalue weighted by Crippen LogP contribution is -2.29. The Hall–Kier alpha value is -2.36. The van der Waals surface area contributed by atoms with Gasteiger partial charge < -0.3 is 4.98 Å². The number of aromatic nitrogens is 3. The van der Waals surface area contributed by atoms with Crippen LogP contribution in [-0.4, -0.2) is 27.9 Å². The van der Waals surface area contributed by atoms with Crippen LogP contribution in [0.1, 0.15) is 0 Å². The maximum Gasteiger partial charge on any atom is 0.517 e. The third-order valence-corrected chi connectivity index (χ3v) is 4.36. The van der Waals surface area contributed by atoms with Crippen LogP contribution in [-0.2, 0) is 10.0 Å². The number of hydrogen-bond donors (Lipinski definition) is 1. The Morgan fingerprint density at radius 3 is 2.62 bits per heavy atom. The van der Waals surface area contributed by atoms with Crippen molar-refractivity contribution in [3.63, 3.8) is 0 Å². The number of aromatic amines is 1. The van der Waals surface area contributed by atoms with Gasteiger partial charge in [-0.05, 0) is 12.1 Å². The van der Waals surface area contributed by atoms with E-state index in [1.807, 2.05) is 0 Å². The molecule has 3 rings (SSSR count). The molecule has 1 N–H and O–H groups in total. The Labute approximate surface area is 114 Å². The Bertz CT molecular complexity index is 1020. The minimum atomic E-state index is -5.67. The molecule has 0 spiro atoms. The zero-order valence-corrected chi connectivity index (χ0v) is 10.9. The fraction of sp³-hybridized carbons (Fsp3) is 0.0909. The number of H-pyrrole nitrogens is 1. The van der Waals surface area contributed by atoms with Crippen LogP contribution in [0.15, 0.2) is 35.4 Å². The highest BCUT2D eigenvalue weighted by molar-refractivity contribution is 7.91. The van der Waals surface area contributed by atoms with E-state index in [9.17, 15) is 26.4 Å². The number of nitrogens with one attached hydrogen (secondary N) is 1. The molecular weight excluding hydrogens is 311 g/mol. The fourth-order valence-electron chi connectivity index (χ4n) is 2.08. The SMILES string of the molecule is O=c1cc2c3cccnc3n(S(=O)(=O)C(F)(F)F)c2c[nH]1. The third-order valence-electron chi connectivity index (χ3n) is 2.92. The summed E-state index contributed by atoms with van der Waals surface area (Å²) in [6.07, 6.45) is 2.09. The van der Waals surface area contributed by atoms with Gasteiger partial charge in [0.15, 0.2) is 5.65 Å². The smallest absolute Gasteiger partial charge is 0.327 e. The highest BCUT2D eigenvalue weighted by atomic mass is 32.2. The molecule has 3 heterocycles. The first-order chi connectivity index (χ1) is 9.73. The van der Waals surface area contributed by atoms with Crippen molar-refractivity contribution >= 4 is 32.0 Å².